The Bertz CT molecular complexity index is 1740. The molecule has 3 heterocycles. The molecule has 1 amide bonds. The molecule has 1 aromatic carbocycles. The first kappa shape index (κ1) is 34.4. The molecule has 46 heavy (non-hydrogen) atoms. The molecule has 3 aromatic heterocycles. The molecule has 0 aliphatic carbocycles. The van der Waals surface area contributed by atoms with Gasteiger partial charge >= 0.3 is 13.8 Å². The highest BCUT2D eigenvalue weighted by Gasteiger charge is 2.36. The Morgan fingerprint density at radius 2 is 1.85 bits per heavy atom. The van der Waals surface area contributed by atoms with Crippen molar-refractivity contribution in [2.24, 2.45) is 0 Å². The summed E-state index contributed by atoms with van der Waals surface area (Å²) >= 11 is 0. The number of nitrogens with one attached hydrogen (secondary N) is 3. The van der Waals surface area contributed by atoms with Gasteiger partial charge < -0.3 is 30.5 Å². The van der Waals surface area contributed by atoms with Crippen LogP contribution in [0.25, 0.3) is 11.3 Å². The maximum Gasteiger partial charge on any atom is 0.421 e. The minimum atomic E-state index is -4.91. The number of alkyl halides is 3. The zero-order chi connectivity index (χ0) is 33.5. The van der Waals surface area contributed by atoms with Crippen LogP contribution in [0.5, 0.6) is 0 Å². The fourth-order valence-electron chi connectivity index (χ4n) is 4.25. The van der Waals surface area contributed by atoms with Crippen LogP contribution in [0.3, 0.4) is 0 Å². The second kappa shape index (κ2) is 14.8. The smallest absolute Gasteiger partial charge is 0.396 e. The van der Waals surface area contributed by atoms with Crippen LogP contribution >= 0.6 is 7.60 Å². The minimum Gasteiger partial charge on any atom is -0.396 e. The number of halogens is 4. The van der Waals surface area contributed by atoms with Gasteiger partial charge in [-0.3, -0.25) is 14.0 Å². The third-order valence-corrected chi connectivity index (χ3v) is 7.83. The van der Waals surface area contributed by atoms with Crippen LogP contribution in [-0.4, -0.2) is 60.9 Å². The first-order chi connectivity index (χ1) is 21.8. The van der Waals surface area contributed by atoms with Crippen molar-refractivity contribution < 1.29 is 41.4 Å². The first-order valence-corrected chi connectivity index (χ1v) is 15.7. The molecule has 13 nitrogen and oxygen atoms in total. The first-order valence-electron chi connectivity index (χ1n) is 13.9. The average molecular weight is 667 g/mol. The van der Waals surface area contributed by atoms with Crippen LogP contribution in [-0.2, 0) is 28.0 Å². The molecular formula is C28H31F4N8O5P. The molecule has 0 aliphatic heterocycles. The van der Waals surface area contributed by atoms with Gasteiger partial charge in [0.15, 0.2) is 5.69 Å². The highest BCUT2D eigenvalue weighted by atomic mass is 31.2. The number of carbonyl (C=O) groups is 1. The third kappa shape index (κ3) is 8.84. The topological polar surface area (TPSA) is 176 Å². The molecular weight excluding hydrogens is 635 g/mol. The predicted molar refractivity (Wildman–Crippen MR) is 160 cm³/mol. The number of nitrogens with zero attached hydrogens (tertiary/aromatic N) is 5. The Kier molecular flexibility index (Phi) is 11.1. The number of aliphatic hydroxyl groups excluding tert-OH is 1. The SMILES string of the molecule is CCOP(=O)(O)Cc1ccc(Nc2ncc(C(F)(F)F)c(Nc3ccc(-c4cnn(CCCCO)c4)nc3C(=O)NC)n2)c(F)c1. The number of amides is 1. The monoisotopic (exact) mass is 666 g/mol. The van der Waals surface area contributed by atoms with E-state index < -0.39 is 49.0 Å². The Hall–Kier alpha value is -4.44. The van der Waals surface area contributed by atoms with E-state index in [4.69, 9.17) is 9.63 Å². The molecule has 246 valence electrons. The number of aryl methyl sites for hydroxylation is 1. The van der Waals surface area contributed by atoms with E-state index >= 15 is 0 Å². The predicted octanol–water partition coefficient (Wildman–Crippen LogP) is 5.23. The van der Waals surface area contributed by atoms with Crippen LogP contribution < -0.4 is 16.0 Å². The largest absolute Gasteiger partial charge is 0.421 e. The van der Waals surface area contributed by atoms with E-state index in [9.17, 15) is 31.8 Å². The number of aromatic nitrogens is 5. The quantitative estimate of drug-likeness (QED) is 0.0676. The van der Waals surface area contributed by atoms with Crippen molar-refractivity contribution in [2.75, 3.05) is 30.9 Å². The van der Waals surface area contributed by atoms with Gasteiger partial charge in [-0.2, -0.15) is 23.3 Å². The number of rotatable bonds is 14. The van der Waals surface area contributed by atoms with Crippen molar-refractivity contribution in [3.05, 3.63) is 71.6 Å². The molecule has 0 aliphatic rings. The second-order valence-corrected chi connectivity index (χ2v) is 11.7. The van der Waals surface area contributed by atoms with Gasteiger partial charge in [-0.25, -0.2) is 14.4 Å². The number of pyridine rings is 1. The maximum absolute atomic E-state index is 14.9. The van der Waals surface area contributed by atoms with E-state index in [2.05, 4.69) is 36.0 Å². The number of carbonyl (C=O) groups excluding carboxylic acids is 1. The maximum atomic E-state index is 14.9. The van der Waals surface area contributed by atoms with E-state index in [1.54, 1.807) is 10.9 Å². The van der Waals surface area contributed by atoms with Crippen molar-refractivity contribution in [2.45, 2.75) is 38.6 Å². The summed E-state index contributed by atoms with van der Waals surface area (Å²) in [6.45, 7) is 2.12. The summed E-state index contributed by atoms with van der Waals surface area (Å²) in [5, 5.41) is 20.7. The molecule has 1 unspecified atom stereocenters. The number of benzene rings is 1. The Morgan fingerprint density at radius 1 is 1.09 bits per heavy atom. The van der Waals surface area contributed by atoms with Crippen LogP contribution in [0, 0.1) is 5.82 Å². The Morgan fingerprint density at radius 3 is 2.52 bits per heavy atom. The molecule has 0 bridgehead atoms. The van der Waals surface area contributed by atoms with Crippen LogP contribution in [0.1, 0.15) is 41.4 Å². The van der Waals surface area contributed by atoms with Gasteiger partial charge in [-0.1, -0.05) is 6.07 Å². The standard InChI is InChI=1S/C28H31F4N8O5P/c1-3-45-46(43,44)16-17-6-7-22(20(29)12-17)38-27-34-14-19(28(30,31)32)25(39-27)37-23-9-8-21(36-24(23)26(42)33-2)18-13-35-40(15-18)10-4-5-11-41/h6-9,12-15,41H,3-5,10-11,16H2,1-2H3,(H,33,42)(H,43,44)(H2,34,37,38,39). The van der Waals surface area contributed by atoms with Gasteiger partial charge in [-0.05, 0) is 49.6 Å². The van der Waals surface area contributed by atoms with E-state index in [0.29, 0.717) is 36.8 Å². The lowest BCUT2D eigenvalue weighted by Crippen LogP contribution is -2.21. The van der Waals surface area contributed by atoms with Gasteiger partial charge in [0.1, 0.15) is 17.2 Å². The Labute approximate surface area is 260 Å². The molecule has 1 atom stereocenters. The second-order valence-electron chi connectivity index (χ2n) is 9.83. The summed E-state index contributed by atoms with van der Waals surface area (Å²) in [6.07, 6.45) is -0.348. The van der Waals surface area contributed by atoms with E-state index in [1.165, 1.54) is 44.4 Å². The van der Waals surface area contributed by atoms with Gasteiger partial charge in [0.25, 0.3) is 5.91 Å². The molecule has 0 saturated carbocycles. The van der Waals surface area contributed by atoms with Crippen molar-refractivity contribution in [3.63, 3.8) is 0 Å². The van der Waals surface area contributed by atoms with Gasteiger partial charge in [0.2, 0.25) is 5.95 Å². The number of hydrogen-bond acceptors (Lipinski definition) is 10. The normalized spacial score (nSPS) is 12.9. The molecule has 5 N–H and O–H groups in total. The fraction of sp³-hybridized carbons (Fsp3) is 0.321. The summed E-state index contributed by atoms with van der Waals surface area (Å²) < 4.78 is 75.2. The number of unbranched alkanes of at least 4 members (excludes halogenated alkanes) is 1. The lowest BCUT2D eigenvalue weighted by atomic mass is 10.1. The van der Waals surface area contributed by atoms with Crippen molar-refractivity contribution in [3.8, 4) is 11.3 Å². The highest BCUT2D eigenvalue weighted by molar-refractivity contribution is 7.51. The van der Waals surface area contributed by atoms with E-state index in [-0.39, 0.29) is 35.8 Å². The zero-order valence-corrected chi connectivity index (χ0v) is 25.6. The summed E-state index contributed by atoms with van der Waals surface area (Å²) in [5.74, 6) is -2.73. The fourth-order valence-corrected chi connectivity index (χ4v) is 5.40. The number of hydrogen-bond donors (Lipinski definition) is 5. The van der Waals surface area contributed by atoms with E-state index in [1.807, 2.05) is 0 Å². The molecule has 0 radical (unpaired) electrons. The van der Waals surface area contributed by atoms with Gasteiger partial charge in [-0.15, -0.1) is 0 Å². The zero-order valence-electron chi connectivity index (χ0n) is 24.7. The summed E-state index contributed by atoms with van der Waals surface area (Å²) in [7, 11) is -2.65. The summed E-state index contributed by atoms with van der Waals surface area (Å²) in [5.41, 5.74) is -0.776. The van der Waals surface area contributed by atoms with Crippen molar-refractivity contribution >= 4 is 36.6 Å². The minimum absolute atomic E-state index is 0.0132. The molecule has 0 saturated heterocycles. The summed E-state index contributed by atoms with van der Waals surface area (Å²) in [6, 6.07) is 6.40. The number of aliphatic hydroxyl groups is 1. The average Bonchev–Trinajstić information content (AvgIpc) is 3.47. The van der Waals surface area contributed by atoms with Crippen molar-refractivity contribution in [1.29, 1.82) is 0 Å². The molecule has 0 spiro atoms. The Balaban J connectivity index is 1.64. The van der Waals surface area contributed by atoms with Crippen molar-refractivity contribution in [1.82, 2.24) is 30.0 Å². The lowest BCUT2D eigenvalue weighted by Gasteiger charge is -2.17. The van der Waals surface area contributed by atoms with E-state index in [0.717, 1.165) is 6.07 Å². The van der Waals surface area contributed by atoms with Crippen LogP contribution in [0.2, 0.25) is 0 Å². The van der Waals surface area contributed by atoms with Crippen LogP contribution in [0.4, 0.5) is 40.7 Å². The van der Waals surface area contributed by atoms with Gasteiger partial charge in [0, 0.05) is 38.2 Å². The highest BCUT2D eigenvalue weighted by Crippen LogP contribution is 2.45. The molecule has 18 heteroatoms. The van der Waals surface area contributed by atoms with Gasteiger partial charge in [0.05, 0.1) is 36.0 Å². The molecule has 4 rings (SSSR count). The molecule has 4 aromatic rings. The van der Waals surface area contributed by atoms with Crippen LogP contribution in [0.15, 0.2) is 48.9 Å². The lowest BCUT2D eigenvalue weighted by molar-refractivity contribution is -0.137. The summed E-state index contributed by atoms with van der Waals surface area (Å²) in [4.78, 5) is 34.5. The molecule has 0 fully saturated rings. The third-order valence-electron chi connectivity index (χ3n) is 6.40. The number of anilines is 4.